The highest BCUT2D eigenvalue weighted by Gasteiger charge is 2.18. The molecule has 0 radical (unpaired) electrons. The van der Waals surface area contributed by atoms with E-state index in [9.17, 15) is 9.59 Å². The van der Waals surface area contributed by atoms with Gasteiger partial charge in [0.25, 0.3) is 0 Å². The molecule has 0 heterocycles. The quantitative estimate of drug-likeness (QED) is 0.682. The van der Waals surface area contributed by atoms with Gasteiger partial charge in [-0.05, 0) is 25.2 Å². The Labute approximate surface area is 78.1 Å². The number of rotatable bonds is 3. The van der Waals surface area contributed by atoms with E-state index < -0.39 is 5.97 Å². The molecule has 74 valence electrons. The molecule has 1 aliphatic rings. The van der Waals surface area contributed by atoms with Crippen molar-refractivity contribution < 1.29 is 14.7 Å². The maximum atomic E-state index is 11.2. The van der Waals surface area contributed by atoms with Crippen molar-refractivity contribution in [2.24, 2.45) is 5.92 Å². The van der Waals surface area contributed by atoms with Crippen LogP contribution < -0.4 is 0 Å². The molecule has 0 spiro atoms. The van der Waals surface area contributed by atoms with E-state index in [0.717, 1.165) is 19.3 Å². The van der Waals surface area contributed by atoms with Crippen LogP contribution in [0.5, 0.6) is 0 Å². The smallest absolute Gasteiger partial charge is 0.303 e. The van der Waals surface area contributed by atoms with Crippen molar-refractivity contribution in [1.29, 1.82) is 0 Å². The molecule has 1 aliphatic carbocycles. The lowest BCUT2D eigenvalue weighted by molar-refractivity contribution is -0.137. The molecule has 0 bridgehead atoms. The average Bonchev–Trinajstić information content (AvgIpc) is 2.26. The predicted octanol–water partition coefficient (Wildman–Crippen LogP) is 2.00. The zero-order chi connectivity index (χ0) is 9.68. The Bertz CT molecular complexity index is 198. The first-order chi connectivity index (χ1) is 6.18. The van der Waals surface area contributed by atoms with Crippen molar-refractivity contribution >= 4 is 11.8 Å². The molecule has 0 aliphatic heterocycles. The summed E-state index contributed by atoms with van der Waals surface area (Å²) < 4.78 is 0. The molecular weight excluding hydrogens is 168 g/mol. The molecule has 1 saturated carbocycles. The standard InChI is InChI=1S/C10H16O3/c11-9-4-2-1-3-8(7-9)5-6-10(12)13/h8H,1-7H2,(H,12,13). The fraction of sp³-hybridized carbons (Fsp3) is 0.800. The van der Waals surface area contributed by atoms with E-state index in [2.05, 4.69) is 0 Å². The molecule has 1 unspecified atom stereocenters. The van der Waals surface area contributed by atoms with Gasteiger partial charge < -0.3 is 5.11 Å². The van der Waals surface area contributed by atoms with Gasteiger partial charge in [-0.1, -0.05) is 6.42 Å². The van der Waals surface area contributed by atoms with E-state index in [4.69, 9.17) is 5.11 Å². The fourth-order valence-corrected chi connectivity index (χ4v) is 1.86. The monoisotopic (exact) mass is 184 g/mol. The van der Waals surface area contributed by atoms with Crippen LogP contribution in [0.2, 0.25) is 0 Å². The largest absolute Gasteiger partial charge is 0.481 e. The van der Waals surface area contributed by atoms with Crippen molar-refractivity contribution in [3.63, 3.8) is 0 Å². The number of carbonyl (C=O) groups is 2. The molecular formula is C10H16O3. The summed E-state index contributed by atoms with van der Waals surface area (Å²) in [5.74, 6) is -0.115. The molecule has 1 rings (SSSR count). The van der Waals surface area contributed by atoms with Gasteiger partial charge in [0.05, 0.1) is 0 Å². The fourth-order valence-electron chi connectivity index (χ4n) is 1.86. The molecule has 1 atom stereocenters. The second-order valence-electron chi connectivity index (χ2n) is 3.79. The lowest BCUT2D eigenvalue weighted by Crippen LogP contribution is -2.07. The van der Waals surface area contributed by atoms with Crippen molar-refractivity contribution in [2.75, 3.05) is 0 Å². The van der Waals surface area contributed by atoms with E-state index in [1.54, 1.807) is 0 Å². The Kier molecular flexibility index (Phi) is 3.93. The van der Waals surface area contributed by atoms with Crippen LogP contribution in [0.4, 0.5) is 0 Å². The summed E-state index contributed by atoms with van der Waals surface area (Å²) in [7, 11) is 0. The lowest BCUT2D eigenvalue weighted by Gasteiger charge is -2.10. The maximum Gasteiger partial charge on any atom is 0.303 e. The number of carboxylic acids is 1. The molecule has 1 N–H and O–H groups in total. The topological polar surface area (TPSA) is 54.4 Å². The van der Waals surface area contributed by atoms with Crippen LogP contribution >= 0.6 is 0 Å². The first-order valence-electron chi connectivity index (χ1n) is 4.92. The summed E-state index contributed by atoms with van der Waals surface area (Å²) in [4.78, 5) is 21.5. The van der Waals surface area contributed by atoms with Gasteiger partial charge in [-0.3, -0.25) is 9.59 Å². The van der Waals surface area contributed by atoms with E-state index in [-0.39, 0.29) is 6.42 Å². The van der Waals surface area contributed by atoms with Crippen LogP contribution in [0.25, 0.3) is 0 Å². The highest BCUT2D eigenvalue weighted by Crippen LogP contribution is 2.24. The molecule has 0 aromatic rings. The van der Waals surface area contributed by atoms with E-state index in [1.165, 1.54) is 0 Å². The summed E-state index contributed by atoms with van der Waals surface area (Å²) in [6, 6.07) is 0. The van der Waals surface area contributed by atoms with E-state index in [0.29, 0.717) is 31.0 Å². The van der Waals surface area contributed by atoms with Crippen LogP contribution in [0.15, 0.2) is 0 Å². The van der Waals surface area contributed by atoms with Crippen LogP contribution in [0.1, 0.15) is 44.9 Å². The highest BCUT2D eigenvalue weighted by atomic mass is 16.4. The number of hydrogen-bond donors (Lipinski definition) is 1. The van der Waals surface area contributed by atoms with Crippen molar-refractivity contribution in [2.45, 2.75) is 44.9 Å². The van der Waals surface area contributed by atoms with Gasteiger partial charge in [-0.25, -0.2) is 0 Å². The number of hydrogen-bond acceptors (Lipinski definition) is 2. The Morgan fingerprint density at radius 1 is 1.46 bits per heavy atom. The molecule has 1 fully saturated rings. The van der Waals surface area contributed by atoms with Gasteiger partial charge >= 0.3 is 5.97 Å². The number of Topliss-reactive ketones (excluding diaryl/α,β-unsaturated/α-hetero) is 1. The lowest BCUT2D eigenvalue weighted by atomic mass is 9.95. The average molecular weight is 184 g/mol. The Hall–Kier alpha value is -0.860. The van der Waals surface area contributed by atoms with Gasteiger partial charge in [0.2, 0.25) is 0 Å². The minimum atomic E-state index is -0.753. The van der Waals surface area contributed by atoms with Crippen molar-refractivity contribution in [3.8, 4) is 0 Å². The molecule has 3 heteroatoms. The van der Waals surface area contributed by atoms with Crippen molar-refractivity contribution in [1.82, 2.24) is 0 Å². The van der Waals surface area contributed by atoms with Crippen molar-refractivity contribution in [3.05, 3.63) is 0 Å². The van der Waals surface area contributed by atoms with E-state index >= 15 is 0 Å². The zero-order valence-electron chi connectivity index (χ0n) is 7.79. The third-order valence-corrected chi connectivity index (χ3v) is 2.60. The van der Waals surface area contributed by atoms with Gasteiger partial charge in [-0.2, -0.15) is 0 Å². The predicted molar refractivity (Wildman–Crippen MR) is 48.5 cm³/mol. The second-order valence-corrected chi connectivity index (χ2v) is 3.79. The second kappa shape index (κ2) is 5.00. The number of aliphatic carboxylic acids is 1. The number of carboxylic acid groups (broad SMARTS) is 1. The van der Waals surface area contributed by atoms with Gasteiger partial charge in [0.15, 0.2) is 0 Å². The summed E-state index contributed by atoms with van der Waals surface area (Å²) in [5.41, 5.74) is 0. The van der Waals surface area contributed by atoms with Gasteiger partial charge in [0.1, 0.15) is 5.78 Å². The first kappa shape index (κ1) is 10.2. The first-order valence-corrected chi connectivity index (χ1v) is 4.92. The highest BCUT2D eigenvalue weighted by molar-refractivity contribution is 5.78. The van der Waals surface area contributed by atoms with Crippen LogP contribution in [-0.4, -0.2) is 16.9 Å². The van der Waals surface area contributed by atoms with E-state index in [1.807, 2.05) is 0 Å². The summed E-state index contributed by atoms with van der Waals surface area (Å²) in [6.07, 6.45) is 5.27. The Morgan fingerprint density at radius 3 is 2.92 bits per heavy atom. The molecule has 13 heavy (non-hydrogen) atoms. The summed E-state index contributed by atoms with van der Waals surface area (Å²) in [6.45, 7) is 0. The van der Waals surface area contributed by atoms with Gasteiger partial charge in [-0.15, -0.1) is 0 Å². The van der Waals surface area contributed by atoms with Gasteiger partial charge in [0, 0.05) is 19.3 Å². The zero-order valence-corrected chi connectivity index (χ0v) is 7.79. The number of ketones is 1. The van der Waals surface area contributed by atoms with Crippen LogP contribution in [0.3, 0.4) is 0 Å². The maximum absolute atomic E-state index is 11.2. The molecule has 3 nitrogen and oxygen atoms in total. The summed E-state index contributed by atoms with van der Waals surface area (Å²) in [5, 5.41) is 8.50. The molecule has 0 amide bonds. The number of carbonyl (C=O) groups excluding carboxylic acids is 1. The van der Waals surface area contributed by atoms with Crippen LogP contribution in [0, 0.1) is 5.92 Å². The molecule has 0 saturated heterocycles. The minimum Gasteiger partial charge on any atom is -0.481 e. The third kappa shape index (κ3) is 4.06. The summed E-state index contributed by atoms with van der Waals surface area (Å²) >= 11 is 0. The normalized spacial score (nSPS) is 24.0. The molecule has 0 aromatic carbocycles. The Morgan fingerprint density at radius 2 is 2.23 bits per heavy atom. The third-order valence-electron chi connectivity index (χ3n) is 2.60. The van der Waals surface area contributed by atoms with Crippen LogP contribution in [-0.2, 0) is 9.59 Å². The minimum absolute atomic E-state index is 0.206. The molecule has 0 aromatic heterocycles. The Balaban J connectivity index is 2.30. The SMILES string of the molecule is O=C(O)CCC1CCCCC(=O)C1.